The molecule has 2 N–H and O–H groups in total. The van der Waals surface area contributed by atoms with Crippen LogP contribution in [0.2, 0.25) is 0 Å². The van der Waals surface area contributed by atoms with Crippen molar-refractivity contribution in [2.75, 3.05) is 25.5 Å². The van der Waals surface area contributed by atoms with Gasteiger partial charge in [0.15, 0.2) is 0 Å². The summed E-state index contributed by atoms with van der Waals surface area (Å²) < 4.78 is 0.721. The Morgan fingerprint density at radius 3 is 2.90 bits per heavy atom. The molecule has 2 rings (SSSR count). The third-order valence-corrected chi connectivity index (χ3v) is 3.85. The van der Waals surface area contributed by atoms with Crippen LogP contribution in [0.4, 0.5) is 5.82 Å². The average Bonchev–Trinajstić information content (AvgIpc) is 2.41. The molecule has 2 amide bonds. The van der Waals surface area contributed by atoms with Gasteiger partial charge in [0.2, 0.25) is 5.91 Å². The summed E-state index contributed by atoms with van der Waals surface area (Å²) in [5, 5.41) is 5.68. The van der Waals surface area contributed by atoms with E-state index in [1.165, 1.54) is 0 Å². The minimum absolute atomic E-state index is 0.147. The summed E-state index contributed by atoms with van der Waals surface area (Å²) >= 11 is 3.32. The minimum atomic E-state index is -0.872. The van der Waals surface area contributed by atoms with Gasteiger partial charge in [0.25, 0.3) is 5.91 Å². The highest BCUT2D eigenvalue weighted by Gasteiger charge is 2.41. The van der Waals surface area contributed by atoms with Gasteiger partial charge >= 0.3 is 0 Å². The number of halogens is 1. The van der Waals surface area contributed by atoms with Gasteiger partial charge in [-0.1, -0.05) is 0 Å². The summed E-state index contributed by atoms with van der Waals surface area (Å²) in [4.78, 5) is 30.4. The molecule has 6 nitrogen and oxygen atoms in total. The fraction of sp³-hybridized carbons (Fsp3) is 0.462. The van der Waals surface area contributed by atoms with E-state index in [4.69, 9.17) is 0 Å². The smallest absolute Gasteiger partial charge is 0.258 e. The highest BCUT2D eigenvalue weighted by atomic mass is 79.9. The van der Waals surface area contributed by atoms with E-state index in [-0.39, 0.29) is 11.8 Å². The van der Waals surface area contributed by atoms with E-state index in [9.17, 15) is 9.59 Å². The number of anilines is 1. The van der Waals surface area contributed by atoms with Crippen molar-refractivity contribution in [3.8, 4) is 0 Å². The van der Waals surface area contributed by atoms with E-state index >= 15 is 0 Å². The van der Waals surface area contributed by atoms with Crippen molar-refractivity contribution in [1.82, 2.24) is 15.2 Å². The fourth-order valence-corrected chi connectivity index (χ4v) is 2.53. The van der Waals surface area contributed by atoms with Gasteiger partial charge in [0.1, 0.15) is 11.4 Å². The summed E-state index contributed by atoms with van der Waals surface area (Å²) in [5.74, 6) is 0.147. The molecule has 1 aromatic heterocycles. The first kappa shape index (κ1) is 14.8. The molecule has 1 aromatic rings. The number of amides is 2. The molecule has 1 saturated heterocycles. The number of nitrogens with zero attached hydrogens (tertiary/aromatic N) is 2. The van der Waals surface area contributed by atoms with Crippen LogP contribution in [0.3, 0.4) is 0 Å². The Kier molecular flexibility index (Phi) is 3.99. The second-order valence-corrected chi connectivity index (χ2v) is 5.99. The molecule has 1 aliphatic rings. The first-order chi connectivity index (χ1) is 9.37. The predicted molar refractivity (Wildman–Crippen MR) is 79.6 cm³/mol. The average molecular weight is 341 g/mol. The van der Waals surface area contributed by atoms with Crippen LogP contribution < -0.4 is 10.6 Å². The van der Waals surface area contributed by atoms with E-state index in [0.717, 1.165) is 4.47 Å². The van der Waals surface area contributed by atoms with Gasteiger partial charge in [-0.15, -0.1) is 0 Å². The first-order valence-electron chi connectivity index (χ1n) is 6.31. The molecule has 1 aliphatic heterocycles. The second kappa shape index (κ2) is 5.40. The minimum Gasteiger partial charge on any atom is -0.372 e. The molecule has 0 saturated carbocycles. The van der Waals surface area contributed by atoms with E-state index in [0.29, 0.717) is 24.5 Å². The van der Waals surface area contributed by atoms with Gasteiger partial charge in [0, 0.05) is 30.8 Å². The number of carbonyl (C=O) groups is 2. The van der Waals surface area contributed by atoms with Gasteiger partial charge < -0.3 is 15.5 Å². The maximum atomic E-state index is 12.7. The third-order valence-electron chi connectivity index (χ3n) is 3.42. The topological polar surface area (TPSA) is 74.3 Å². The molecule has 0 unspecified atom stereocenters. The van der Waals surface area contributed by atoms with Crippen molar-refractivity contribution < 1.29 is 9.59 Å². The maximum absolute atomic E-state index is 12.7. The molecule has 0 radical (unpaired) electrons. The standard InChI is InChI=1S/C13H17BrN4O2/c1-13(2)12(20)16-4-5-18(13)11(19)9-6-8(14)7-17-10(9)15-3/h6-7H,4-5H2,1-3H3,(H,15,17)(H,16,20). The maximum Gasteiger partial charge on any atom is 0.258 e. The van der Waals surface area contributed by atoms with Crippen LogP contribution in [-0.2, 0) is 4.79 Å². The van der Waals surface area contributed by atoms with Gasteiger partial charge in [-0.3, -0.25) is 9.59 Å². The van der Waals surface area contributed by atoms with Gasteiger partial charge in [0.05, 0.1) is 5.56 Å². The Morgan fingerprint density at radius 1 is 1.55 bits per heavy atom. The monoisotopic (exact) mass is 340 g/mol. The van der Waals surface area contributed by atoms with Crippen molar-refractivity contribution in [2.45, 2.75) is 19.4 Å². The molecule has 0 spiro atoms. The molecule has 0 bridgehead atoms. The van der Waals surface area contributed by atoms with Gasteiger partial charge in [-0.2, -0.15) is 0 Å². The number of aromatic nitrogens is 1. The number of piperazine rings is 1. The summed E-state index contributed by atoms with van der Waals surface area (Å²) in [6.45, 7) is 4.42. The van der Waals surface area contributed by atoms with E-state index < -0.39 is 5.54 Å². The molecular weight excluding hydrogens is 324 g/mol. The molecule has 108 valence electrons. The predicted octanol–water partition coefficient (Wildman–Crippen LogP) is 1.24. The lowest BCUT2D eigenvalue weighted by molar-refractivity contribution is -0.133. The molecule has 0 aliphatic carbocycles. The van der Waals surface area contributed by atoms with Gasteiger partial charge in [-0.25, -0.2) is 4.98 Å². The molecule has 0 atom stereocenters. The van der Waals surface area contributed by atoms with Crippen LogP contribution in [0.1, 0.15) is 24.2 Å². The molecule has 2 heterocycles. The molecular formula is C13H17BrN4O2. The van der Waals surface area contributed by atoms with Crippen LogP contribution in [0, 0.1) is 0 Å². The number of carbonyl (C=O) groups excluding carboxylic acids is 2. The number of hydrogen-bond acceptors (Lipinski definition) is 4. The van der Waals surface area contributed by atoms with Crippen molar-refractivity contribution in [1.29, 1.82) is 0 Å². The molecule has 7 heteroatoms. The second-order valence-electron chi connectivity index (χ2n) is 5.07. The van der Waals surface area contributed by atoms with Crippen LogP contribution in [0.25, 0.3) is 0 Å². The summed E-state index contributed by atoms with van der Waals surface area (Å²) in [7, 11) is 1.71. The Bertz CT molecular complexity index is 559. The molecule has 1 fully saturated rings. The zero-order valence-electron chi connectivity index (χ0n) is 11.7. The first-order valence-corrected chi connectivity index (χ1v) is 7.11. The van der Waals surface area contributed by atoms with Crippen molar-refractivity contribution >= 4 is 33.6 Å². The van der Waals surface area contributed by atoms with Crippen LogP contribution in [0.15, 0.2) is 16.7 Å². The van der Waals surface area contributed by atoms with Crippen molar-refractivity contribution in [3.63, 3.8) is 0 Å². The summed E-state index contributed by atoms with van der Waals surface area (Å²) in [6.07, 6.45) is 1.62. The Hall–Kier alpha value is -1.63. The molecule has 0 aromatic carbocycles. The van der Waals surface area contributed by atoms with Crippen molar-refractivity contribution in [3.05, 3.63) is 22.3 Å². The van der Waals surface area contributed by atoms with Crippen LogP contribution >= 0.6 is 15.9 Å². The lowest BCUT2D eigenvalue weighted by atomic mass is 9.97. The normalized spacial score (nSPS) is 17.6. The fourth-order valence-electron chi connectivity index (χ4n) is 2.20. The Morgan fingerprint density at radius 2 is 2.25 bits per heavy atom. The zero-order chi connectivity index (χ0) is 14.9. The van der Waals surface area contributed by atoms with Crippen molar-refractivity contribution in [2.24, 2.45) is 0 Å². The lowest BCUT2D eigenvalue weighted by Gasteiger charge is -2.41. The Labute approximate surface area is 126 Å². The van der Waals surface area contributed by atoms with E-state index in [1.54, 1.807) is 38.1 Å². The zero-order valence-corrected chi connectivity index (χ0v) is 13.2. The quantitative estimate of drug-likeness (QED) is 0.849. The van der Waals surface area contributed by atoms with Gasteiger partial charge in [-0.05, 0) is 35.8 Å². The SMILES string of the molecule is CNc1ncc(Br)cc1C(=O)N1CCNC(=O)C1(C)C. The number of nitrogens with one attached hydrogen (secondary N) is 2. The lowest BCUT2D eigenvalue weighted by Crippen LogP contribution is -2.63. The third kappa shape index (κ3) is 2.49. The Balaban J connectivity index is 2.40. The number of pyridine rings is 1. The van der Waals surface area contributed by atoms with Crippen LogP contribution in [0.5, 0.6) is 0 Å². The highest BCUT2D eigenvalue weighted by molar-refractivity contribution is 9.10. The molecule has 20 heavy (non-hydrogen) atoms. The van der Waals surface area contributed by atoms with E-state index in [1.807, 2.05) is 0 Å². The summed E-state index contributed by atoms with van der Waals surface area (Å²) in [5.41, 5.74) is -0.424. The number of rotatable bonds is 2. The number of hydrogen-bond donors (Lipinski definition) is 2. The van der Waals surface area contributed by atoms with Crippen LogP contribution in [-0.4, -0.2) is 47.4 Å². The van der Waals surface area contributed by atoms with E-state index in [2.05, 4.69) is 31.5 Å². The summed E-state index contributed by atoms with van der Waals surface area (Å²) in [6, 6.07) is 1.71. The largest absolute Gasteiger partial charge is 0.372 e. The highest BCUT2D eigenvalue weighted by Crippen LogP contribution is 2.25.